The fraction of sp³-hybridized carbons (Fsp3) is 0.545. The van der Waals surface area contributed by atoms with Crippen molar-refractivity contribution in [1.82, 2.24) is 15.2 Å². The number of halogens is 2. The molecule has 0 atom stereocenters. The highest BCUT2D eigenvalue weighted by atomic mass is 35.5. The molecule has 0 aromatic carbocycles. The van der Waals surface area contributed by atoms with E-state index in [1.54, 1.807) is 6.20 Å². The van der Waals surface area contributed by atoms with Gasteiger partial charge in [0.1, 0.15) is 5.15 Å². The summed E-state index contributed by atoms with van der Waals surface area (Å²) in [6.07, 6.45) is 2.85. The Labute approximate surface area is 109 Å². The average molecular weight is 264 g/mol. The molecule has 1 aromatic heterocycles. The molecule has 92 valence electrons. The molecule has 0 saturated heterocycles. The van der Waals surface area contributed by atoms with Crippen LogP contribution in [0.1, 0.15) is 12.0 Å². The second-order valence-electron chi connectivity index (χ2n) is 3.79. The lowest BCUT2D eigenvalue weighted by atomic mass is 10.3. The van der Waals surface area contributed by atoms with Gasteiger partial charge in [-0.2, -0.15) is 0 Å². The number of hydrogen-bond acceptors (Lipinski definition) is 3. The molecule has 0 spiro atoms. The molecule has 16 heavy (non-hydrogen) atoms. The smallest absolute Gasteiger partial charge is 0.133 e. The van der Waals surface area contributed by atoms with Gasteiger partial charge in [-0.05, 0) is 39.7 Å². The van der Waals surface area contributed by atoms with Gasteiger partial charge in [-0.15, -0.1) is 12.4 Å². The van der Waals surface area contributed by atoms with Crippen molar-refractivity contribution in [2.75, 3.05) is 27.2 Å². The predicted octanol–water partition coefficient (Wildman–Crippen LogP) is 2.20. The topological polar surface area (TPSA) is 28.2 Å². The number of nitrogens with zero attached hydrogens (tertiary/aromatic N) is 2. The Bertz CT molecular complexity index is 292. The van der Waals surface area contributed by atoms with E-state index in [-0.39, 0.29) is 12.4 Å². The minimum Gasteiger partial charge on any atom is -0.313 e. The summed E-state index contributed by atoms with van der Waals surface area (Å²) in [6.45, 7) is 2.90. The highest BCUT2D eigenvalue weighted by molar-refractivity contribution is 6.30. The molecule has 1 rings (SSSR count). The van der Waals surface area contributed by atoms with Crippen molar-refractivity contribution in [3.63, 3.8) is 0 Å². The minimum atomic E-state index is 0. The van der Waals surface area contributed by atoms with Crippen LogP contribution in [0.4, 0.5) is 0 Å². The average Bonchev–Trinajstić information content (AvgIpc) is 2.20. The molecule has 0 aliphatic heterocycles. The fourth-order valence-corrected chi connectivity index (χ4v) is 1.48. The highest BCUT2D eigenvalue weighted by Gasteiger charge is 1.98. The van der Waals surface area contributed by atoms with E-state index in [0.717, 1.165) is 31.6 Å². The lowest BCUT2D eigenvalue weighted by molar-refractivity contribution is 0.394. The van der Waals surface area contributed by atoms with E-state index < -0.39 is 0 Å². The van der Waals surface area contributed by atoms with Crippen LogP contribution < -0.4 is 5.32 Å². The monoisotopic (exact) mass is 263 g/mol. The van der Waals surface area contributed by atoms with Crippen LogP contribution >= 0.6 is 24.0 Å². The van der Waals surface area contributed by atoms with Gasteiger partial charge < -0.3 is 10.2 Å². The first-order valence-electron chi connectivity index (χ1n) is 5.15. The summed E-state index contributed by atoms with van der Waals surface area (Å²) >= 11 is 5.93. The van der Waals surface area contributed by atoms with Crippen molar-refractivity contribution in [1.29, 1.82) is 0 Å². The van der Waals surface area contributed by atoms with E-state index in [0.29, 0.717) is 5.15 Å². The first kappa shape index (κ1) is 15.7. The second-order valence-corrected chi connectivity index (χ2v) is 4.14. The van der Waals surface area contributed by atoms with Crippen molar-refractivity contribution >= 4 is 24.0 Å². The van der Waals surface area contributed by atoms with Gasteiger partial charge in [0, 0.05) is 18.3 Å². The Hall–Kier alpha value is -0.350. The summed E-state index contributed by atoms with van der Waals surface area (Å²) in [6, 6.07) is 3.90. The molecular formula is C11H19Cl2N3. The third kappa shape index (κ3) is 6.28. The quantitative estimate of drug-likeness (QED) is 0.630. The zero-order valence-electron chi connectivity index (χ0n) is 9.74. The van der Waals surface area contributed by atoms with Crippen LogP contribution in [0.2, 0.25) is 5.15 Å². The Morgan fingerprint density at radius 1 is 1.44 bits per heavy atom. The first-order valence-corrected chi connectivity index (χ1v) is 5.53. The van der Waals surface area contributed by atoms with Crippen LogP contribution in [0.5, 0.6) is 0 Å². The fourth-order valence-electron chi connectivity index (χ4n) is 1.29. The molecule has 1 N–H and O–H groups in total. The minimum absolute atomic E-state index is 0. The van der Waals surface area contributed by atoms with Crippen LogP contribution in [0.25, 0.3) is 0 Å². The van der Waals surface area contributed by atoms with Crippen LogP contribution in [0, 0.1) is 0 Å². The lowest BCUT2D eigenvalue weighted by Crippen LogP contribution is -2.21. The Balaban J connectivity index is 0.00000225. The maximum absolute atomic E-state index is 5.93. The van der Waals surface area contributed by atoms with Gasteiger partial charge in [-0.25, -0.2) is 4.98 Å². The summed E-state index contributed by atoms with van der Waals surface area (Å²) < 4.78 is 0. The molecule has 0 radical (unpaired) electrons. The molecule has 0 bridgehead atoms. The highest BCUT2D eigenvalue weighted by Crippen LogP contribution is 2.10. The summed E-state index contributed by atoms with van der Waals surface area (Å²) in [4.78, 5) is 6.20. The Morgan fingerprint density at radius 3 is 2.81 bits per heavy atom. The van der Waals surface area contributed by atoms with Gasteiger partial charge in [-0.1, -0.05) is 17.7 Å². The maximum Gasteiger partial charge on any atom is 0.133 e. The third-order valence-electron chi connectivity index (χ3n) is 2.11. The van der Waals surface area contributed by atoms with E-state index in [9.17, 15) is 0 Å². The van der Waals surface area contributed by atoms with Crippen LogP contribution in [-0.2, 0) is 6.54 Å². The number of rotatable bonds is 6. The summed E-state index contributed by atoms with van der Waals surface area (Å²) in [7, 11) is 4.16. The zero-order chi connectivity index (χ0) is 11.1. The molecule has 0 aliphatic carbocycles. The number of nitrogens with one attached hydrogen (secondary N) is 1. The van der Waals surface area contributed by atoms with Crippen molar-refractivity contribution < 1.29 is 0 Å². The molecule has 0 aliphatic rings. The number of hydrogen-bond donors (Lipinski definition) is 1. The molecule has 5 heteroatoms. The molecule has 1 heterocycles. The molecule has 0 unspecified atom stereocenters. The SMILES string of the molecule is CN(C)CCCNCc1cccnc1Cl.Cl. The molecule has 0 saturated carbocycles. The van der Waals surface area contributed by atoms with Gasteiger partial charge in [0.2, 0.25) is 0 Å². The molecule has 1 aromatic rings. The van der Waals surface area contributed by atoms with Gasteiger partial charge in [-0.3, -0.25) is 0 Å². The predicted molar refractivity (Wildman–Crippen MR) is 71.4 cm³/mol. The van der Waals surface area contributed by atoms with Crippen LogP contribution in [-0.4, -0.2) is 37.1 Å². The largest absolute Gasteiger partial charge is 0.313 e. The van der Waals surface area contributed by atoms with E-state index >= 15 is 0 Å². The normalized spacial score (nSPS) is 10.2. The molecule has 0 amide bonds. The van der Waals surface area contributed by atoms with Gasteiger partial charge >= 0.3 is 0 Å². The van der Waals surface area contributed by atoms with Gasteiger partial charge in [0.05, 0.1) is 0 Å². The number of aromatic nitrogens is 1. The van der Waals surface area contributed by atoms with Gasteiger partial charge in [0.15, 0.2) is 0 Å². The second kappa shape index (κ2) is 8.76. The van der Waals surface area contributed by atoms with Crippen molar-refractivity contribution in [3.05, 3.63) is 29.0 Å². The van der Waals surface area contributed by atoms with E-state index in [1.807, 2.05) is 12.1 Å². The number of pyridine rings is 1. The van der Waals surface area contributed by atoms with Crippen molar-refractivity contribution in [2.45, 2.75) is 13.0 Å². The maximum atomic E-state index is 5.93. The molecule has 3 nitrogen and oxygen atoms in total. The van der Waals surface area contributed by atoms with E-state index in [4.69, 9.17) is 11.6 Å². The molecular weight excluding hydrogens is 245 g/mol. The summed E-state index contributed by atoms with van der Waals surface area (Å²) in [5.74, 6) is 0. The van der Waals surface area contributed by atoms with Gasteiger partial charge in [0.25, 0.3) is 0 Å². The van der Waals surface area contributed by atoms with Crippen LogP contribution in [0.3, 0.4) is 0 Å². The van der Waals surface area contributed by atoms with E-state index in [1.165, 1.54) is 0 Å². The summed E-state index contributed by atoms with van der Waals surface area (Å²) in [5, 5.41) is 3.94. The Kier molecular flexibility index (Phi) is 8.57. The molecule has 0 fully saturated rings. The van der Waals surface area contributed by atoms with E-state index in [2.05, 4.69) is 29.3 Å². The first-order chi connectivity index (χ1) is 7.20. The van der Waals surface area contributed by atoms with Crippen LogP contribution in [0.15, 0.2) is 18.3 Å². The lowest BCUT2D eigenvalue weighted by Gasteiger charge is -2.10. The Morgan fingerprint density at radius 2 is 2.19 bits per heavy atom. The summed E-state index contributed by atoms with van der Waals surface area (Å²) in [5.41, 5.74) is 1.06. The van der Waals surface area contributed by atoms with Crippen molar-refractivity contribution in [3.8, 4) is 0 Å². The zero-order valence-corrected chi connectivity index (χ0v) is 11.3. The third-order valence-corrected chi connectivity index (χ3v) is 2.45. The standard InChI is InChI=1S/C11H18ClN3.ClH/c1-15(2)8-4-6-13-9-10-5-3-7-14-11(10)12;/h3,5,7,13H,4,6,8-9H2,1-2H3;1H. The van der Waals surface area contributed by atoms with Crippen molar-refractivity contribution in [2.24, 2.45) is 0 Å².